The lowest BCUT2D eigenvalue weighted by molar-refractivity contribution is 0.224. The van der Waals surface area contributed by atoms with E-state index in [4.69, 9.17) is 0 Å². The maximum absolute atomic E-state index is 3.58. The fourth-order valence-corrected chi connectivity index (χ4v) is 4.47. The average molecular weight is 313 g/mol. The van der Waals surface area contributed by atoms with Crippen molar-refractivity contribution in [2.45, 2.75) is 59.3 Å². The monoisotopic (exact) mass is 312 g/mol. The predicted molar refractivity (Wildman–Crippen MR) is 92.8 cm³/mol. The second kappa shape index (κ2) is 6.82. The summed E-state index contributed by atoms with van der Waals surface area (Å²) in [6, 6.07) is 3.12. The van der Waals surface area contributed by atoms with Crippen molar-refractivity contribution in [3.63, 3.8) is 0 Å². The molecule has 0 amide bonds. The van der Waals surface area contributed by atoms with Crippen molar-refractivity contribution in [3.05, 3.63) is 21.4 Å². The molecule has 4 heteroatoms. The van der Waals surface area contributed by atoms with Gasteiger partial charge < -0.3 is 5.32 Å². The Balaban J connectivity index is 1.96. The lowest BCUT2D eigenvalue weighted by Crippen LogP contribution is -2.39. The van der Waals surface area contributed by atoms with Gasteiger partial charge in [0, 0.05) is 52.5 Å². The van der Waals surface area contributed by atoms with Crippen molar-refractivity contribution >= 4 is 23.1 Å². The summed E-state index contributed by atoms with van der Waals surface area (Å²) >= 11 is 4.04. The molecule has 0 aromatic carbocycles. The third-order valence-electron chi connectivity index (χ3n) is 3.74. The summed E-state index contributed by atoms with van der Waals surface area (Å²) in [6.45, 7) is 14.6. The van der Waals surface area contributed by atoms with Crippen LogP contribution in [0.25, 0.3) is 0 Å². The summed E-state index contributed by atoms with van der Waals surface area (Å²) in [7, 11) is 0. The van der Waals surface area contributed by atoms with Gasteiger partial charge in [-0.3, -0.25) is 4.90 Å². The Bertz CT molecular complexity index is 434. The van der Waals surface area contributed by atoms with Crippen molar-refractivity contribution < 1.29 is 0 Å². The van der Waals surface area contributed by atoms with Crippen LogP contribution < -0.4 is 5.32 Å². The first-order valence-corrected chi connectivity index (χ1v) is 9.47. The van der Waals surface area contributed by atoms with E-state index < -0.39 is 0 Å². The largest absolute Gasteiger partial charge is 0.307 e. The zero-order valence-electron chi connectivity index (χ0n) is 13.5. The molecule has 2 heterocycles. The van der Waals surface area contributed by atoms with Crippen LogP contribution >= 0.6 is 23.1 Å². The smallest absolute Gasteiger partial charge is 0.0304 e. The molecule has 0 aliphatic carbocycles. The zero-order valence-corrected chi connectivity index (χ0v) is 15.1. The fraction of sp³-hybridized carbons (Fsp3) is 0.750. The van der Waals surface area contributed by atoms with E-state index in [1.165, 1.54) is 33.4 Å². The molecule has 114 valence electrons. The van der Waals surface area contributed by atoms with Crippen LogP contribution in [0.1, 0.15) is 43.0 Å². The van der Waals surface area contributed by atoms with Crippen LogP contribution in [-0.4, -0.2) is 34.5 Å². The SMILES string of the molecule is Cc1sc(CNC(C)(C)C)cc1CN1CCSCC1C. The Morgan fingerprint density at radius 3 is 2.80 bits per heavy atom. The van der Waals surface area contributed by atoms with Crippen LogP contribution in [0.4, 0.5) is 0 Å². The number of nitrogens with zero attached hydrogens (tertiary/aromatic N) is 1. The first-order chi connectivity index (χ1) is 9.35. The highest BCUT2D eigenvalue weighted by molar-refractivity contribution is 7.99. The maximum atomic E-state index is 3.58. The highest BCUT2D eigenvalue weighted by Gasteiger charge is 2.20. The summed E-state index contributed by atoms with van der Waals surface area (Å²) in [4.78, 5) is 5.58. The first-order valence-electron chi connectivity index (χ1n) is 7.50. The molecular formula is C16H28N2S2. The van der Waals surface area contributed by atoms with Gasteiger partial charge in [0.25, 0.3) is 0 Å². The molecule has 0 bridgehead atoms. The molecule has 1 aliphatic heterocycles. The van der Waals surface area contributed by atoms with E-state index in [-0.39, 0.29) is 5.54 Å². The Morgan fingerprint density at radius 2 is 2.15 bits per heavy atom. The first kappa shape index (κ1) is 16.3. The van der Waals surface area contributed by atoms with Gasteiger partial charge in [-0.15, -0.1) is 11.3 Å². The minimum absolute atomic E-state index is 0.191. The van der Waals surface area contributed by atoms with Crippen LogP contribution in [-0.2, 0) is 13.1 Å². The molecule has 1 N–H and O–H groups in total. The van der Waals surface area contributed by atoms with Gasteiger partial charge in [-0.2, -0.15) is 11.8 Å². The Hall–Kier alpha value is -0.0300. The van der Waals surface area contributed by atoms with Crippen LogP contribution in [0, 0.1) is 6.92 Å². The second-order valence-electron chi connectivity index (χ2n) is 6.79. The van der Waals surface area contributed by atoms with Crippen LogP contribution in [0.5, 0.6) is 0 Å². The van der Waals surface area contributed by atoms with Crippen molar-refractivity contribution in [3.8, 4) is 0 Å². The molecule has 0 saturated carbocycles. The molecule has 1 atom stereocenters. The van der Waals surface area contributed by atoms with E-state index in [9.17, 15) is 0 Å². The standard InChI is InChI=1S/C16H28N2S2/c1-12-11-19-7-6-18(12)10-14-8-15(20-13(14)2)9-17-16(3,4)5/h8,12,17H,6-7,9-11H2,1-5H3. The van der Waals surface area contributed by atoms with E-state index in [0.717, 1.165) is 13.1 Å². The predicted octanol–water partition coefficient (Wildman–Crippen LogP) is 3.88. The maximum Gasteiger partial charge on any atom is 0.0304 e. The lowest BCUT2D eigenvalue weighted by Gasteiger charge is -2.32. The average Bonchev–Trinajstić information content (AvgIpc) is 2.70. The normalized spacial score (nSPS) is 21.4. The van der Waals surface area contributed by atoms with E-state index in [1.54, 1.807) is 0 Å². The van der Waals surface area contributed by atoms with Crippen LogP contribution in [0.2, 0.25) is 0 Å². The molecule has 1 aromatic heterocycles. The number of thioether (sulfide) groups is 1. The zero-order chi connectivity index (χ0) is 14.8. The van der Waals surface area contributed by atoms with Crippen LogP contribution in [0.3, 0.4) is 0 Å². The van der Waals surface area contributed by atoms with E-state index in [1.807, 2.05) is 11.3 Å². The Morgan fingerprint density at radius 1 is 1.40 bits per heavy atom. The third-order valence-corrected chi connectivity index (χ3v) is 6.03. The van der Waals surface area contributed by atoms with Gasteiger partial charge in [0.15, 0.2) is 0 Å². The highest BCUT2D eigenvalue weighted by atomic mass is 32.2. The summed E-state index contributed by atoms with van der Waals surface area (Å²) in [5.74, 6) is 2.56. The fourth-order valence-electron chi connectivity index (χ4n) is 2.40. The van der Waals surface area contributed by atoms with Crippen molar-refractivity contribution in [1.29, 1.82) is 0 Å². The number of rotatable bonds is 4. The summed E-state index contributed by atoms with van der Waals surface area (Å²) in [6.07, 6.45) is 0. The number of thiophene rings is 1. The minimum atomic E-state index is 0.191. The Kier molecular flexibility index (Phi) is 5.57. The molecule has 1 fully saturated rings. The topological polar surface area (TPSA) is 15.3 Å². The molecule has 0 radical (unpaired) electrons. The molecule has 1 saturated heterocycles. The molecule has 0 spiro atoms. The van der Waals surface area contributed by atoms with Crippen molar-refractivity contribution in [1.82, 2.24) is 10.2 Å². The third kappa shape index (κ3) is 4.76. The molecule has 1 unspecified atom stereocenters. The van der Waals surface area contributed by atoms with E-state index in [0.29, 0.717) is 6.04 Å². The molecule has 2 rings (SSSR count). The van der Waals surface area contributed by atoms with E-state index in [2.05, 4.69) is 62.7 Å². The molecule has 1 aromatic rings. The van der Waals surface area contributed by atoms with Gasteiger partial charge in [0.1, 0.15) is 0 Å². The second-order valence-corrected chi connectivity index (χ2v) is 9.28. The molecule has 20 heavy (non-hydrogen) atoms. The number of hydrogen-bond donors (Lipinski definition) is 1. The number of aryl methyl sites for hydroxylation is 1. The van der Waals surface area contributed by atoms with Gasteiger partial charge in [-0.05, 0) is 46.2 Å². The van der Waals surface area contributed by atoms with Gasteiger partial charge in [-0.25, -0.2) is 0 Å². The quantitative estimate of drug-likeness (QED) is 0.908. The van der Waals surface area contributed by atoms with Gasteiger partial charge >= 0.3 is 0 Å². The molecular weight excluding hydrogens is 284 g/mol. The van der Waals surface area contributed by atoms with Gasteiger partial charge in [0.2, 0.25) is 0 Å². The van der Waals surface area contributed by atoms with E-state index >= 15 is 0 Å². The highest BCUT2D eigenvalue weighted by Crippen LogP contribution is 2.26. The Labute approximate surface area is 132 Å². The summed E-state index contributed by atoms with van der Waals surface area (Å²) in [5.41, 5.74) is 1.72. The summed E-state index contributed by atoms with van der Waals surface area (Å²) < 4.78 is 0. The molecule has 1 aliphatic rings. The lowest BCUT2D eigenvalue weighted by atomic mass is 10.1. The number of hydrogen-bond acceptors (Lipinski definition) is 4. The van der Waals surface area contributed by atoms with Crippen molar-refractivity contribution in [2.24, 2.45) is 0 Å². The molecule has 2 nitrogen and oxygen atoms in total. The summed E-state index contributed by atoms with van der Waals surface area (Å²) in [5, 5.41) is 3.58. The van der Waals surface area contributed by atoms with Gasteiger partial charge in [0.05, 0.1) is 0 Å². The minimum Gasteiger partial charge on any atom is -0.307 e. The van der Waals surface area contributed by atoms with Crippen molar-refractivity contribution in [2.75, 3.05) is 18.1 Å². The van der Waals surface area contributed by atoms with Gasteiger partial charge in [-0.1, -0.05) is 0 Å². The number of nitrogens with one attached hydrogen (secondary N) is 1. The van der Waals surface area contributed by atoms with Crippen LogP contribution in [0.15, 0.2) is 6.07 Å².